The van der Waals surface area contributed by atoms with Gasteiger partial charge in [0, 0.05) is 5.02 Å². The maximum atomic E-state index is 14.1. The molecule has 1 nitrogen and oxygen atoms in total. The van der Waals surface area contributed by atoms with Crippen LogP contribution in [0.2, 0.25) is 5.02 Å². The Bertz CT molecular complexity index is 875. The average Bonchev–Trinajstić information content (AvgIpc) is 2.69. The van der Waals surface area contributed by atoms with Crippen LogP contribution >= 0.6 is 11.6 Å². The van der Waals surface area contributed by atoms with Gasteiger partial charge in [0.2, 0.25) is 0 Å². The van der Waals surface area contributed by atoms with Gasteiger partial charge in [0.25, 0.3) is 0 Å². The second kappa shape index (κ2) is 9.75. The number of benzene rings is 3. The number of rotatable bonds is 8. The van der Waals surface area contributed by atoms with Crippen LogP contribution in [0.15, 0.2) is 72.8 Å². The minimum atomic E-state index is -0.339. The van der Waals surface area contributed by atoms with E-state index >= 15 is 0 Å². The van der Waals surface area contributed by atoms with Crippen LogP contribution in [0.1, 0.15) is 43.7 Å². The van der Waals surface area contributed by atoms with Crippen molar-refractivity contribution in [2.75, 3.05) is 0 Å². The minimum Gasteiger partial charge on any atom is -0.454 e. The summed E-state index contributed by atoms with van der Waals surface area (Å²) in [6, 6.07) is 22.6. The molecule has 28 heavy (non-hydrogen) atoms. The van der Waals surface area contributed by atoms with E-state index in [-0.39, 0.29) is 11.6 Å². The van der Waals surface area contributed by atoms with Gasteiger partial charge in [-0.05, 0) is 78.6 Å². The standard InChI is InChI=1S/C25H26ClFO/c1-18(2)23(20-12-14-21(26)15-13-20)10-6-7-19-11-16-24(27)25(17-19)28-22-8-4-3-5-9-22/h3-5,8-9,11-18,23H,6-7,10H2,1-2H3. The first-order chi connectivity index (χ1) is 13.5. The summed E-state index contributed by atoms with van der Waals surface area (Å²) in [6.07, 6.45) is 3.00. The van der Waals surface area contributed by atoms with Crippen LogP contribution < -0.4 is 4.74 Å². The van der Waals surface area contributed by atoms with Gasteiger partial charge < -0.3 is 4.74 Å². The minimum absolute atomic E-state index is 0.279. The molecular weight excluding hydrogens is 371 g/mol. The molecule has 0 bridgehead atoms. The van der Waals surface area contributed by atoms with Crippen molar-refractivity contribution >= 4 is 11.6 Å². The van der Waals surface area contributed by atoms with Crippen molar-refractivity contribution in [2.24, 2.45) is 5.92 Å². The maximum absolute atomic E-state index is 14.1. The fraction of sp³-hybridized carbons (Fsp3) is 0.280. The molecule has 3 rings (SSSR count). The van der Waals surface area contributed by atoms with Crippen molar-refractivity contribution in [2.45, 2.75) is 39.0 Å². The highest BCUT2D eigenvalue weighted by Gasteiger charge is 2.16. The number of para-hydroxylation sites is 1. The molecular formula is C25H26ClFO. The van der Waals surface area contributed by atoms with E-state index in [4.69, 9.17) is 16.3 Å². The molecule has 0 aromatic heterocycles. The van der Waals surface area contributed by atoms with E-state index in [0.717, 1.165) is 29.8 Å². The largest absolute Gasteiger partial charge is 0.454 e. The molecule has 0 N–H and O–H groups in total. The second-order valence-electron chi connectivity index (χ2n) is 7.47. The number of ether oxygens (including phenoxy) is 1. The number of aryl methyl sites for hydroxylation is 1. The number of halogens is 2. The number of hydrogen-bond donors (Lipinski definition) is 0. The summed E-state index contributed by atoms with van der Waals surface area (Å²) in [5.41, 5.74) is 2.41. The quantitative estimate of drug-likeness (QED) is 0.374. The molecule has 0 aliphatic heterocycles. The van der Waals surface area contributed by atoms with Crippen molar-refractivity contribution < 1.29 is 9.13 Å². The van der Waals surface area contributed by atoms with Crippen molar-refractivity contribution in [1.29, 1.82) is 0 Å². The molecule has 0 fully saturated rings. The van der Waals surface area contributed by atoms with Gasteiger partial charge in [-0.3, -0.25) is 0 Å². The lowest BCUT2D eigenvalue weighted by Crippen LogP contribution is -2.07. The molecule has 0 saturated carbocycles. The third kappa shape index (κ3) is 5.59. The highest BCUT2D eigenvalue weighted by Crippen LogP contribution is 2.31. The number of hydrogen-bond acceptors (Lipinski definition) is 1. The lowest BCUT2D eigenvalue weighted by molar-refractivity contribution is 0.439. The molecule has 3 heteroatoms. The van der Waals surface area contributed by atoms with Gasteiger partial charge in [0.15, 0.2) is 11.6 Å². The zero-order valence-electron chi connectivity index (χ0n) is 16.4. The Labute approximate surface area is 172 Å². The van der Waals surface area contributed by atoms with E-state index in [2.05, 4.69) is 26.0 Å². The van der Waals surface area contributed by atoms with Gasteiger partial charge in [-0.15, -0.1) is 0 Å². The van der Waals surface area contributed by atoms with E-state index in [1.807, 2.05) is 54.6 Å². The van der Waals surface area contributed by atoms with Crippen LogP contribution in [0.3, 0.4) is 0 Å². The van der Waals surface area contributed by atoms with E-state index in [1.165, 1.54) is 11.6 Å². The van der Waals surface area contributed by atoms with Crippen molar-refractivity contribution in [3.8, 4) is 11.5 Å². The van der Waals surface area contributed by atoms with Crippen molar-refractivity contribution in [3.63, 3.8) is 0 Å². The zero-order valence-corrected chi connectivity index (χ0v) is 17.1. The molecule has 0 heterocycles. The summed E-state index contributed by atoms with van der Waals surface area (Å²) in [6.45, 7) is 4.51. The molecule has 0 amide bonds. The molecule has 1 unspecified atom stereocenters. The SMILES string of the molecule is CC(C)C(CCCc1ccc(F)c(Oc2ccccc2)c1)c1ccc(Cl)cc1. The Hall–Kier alpha value is -2.32. The van der Waals surface area contributed by atoms with E-state index in [1.54, 1.807) is 0 Å². The summed E-state index contributed by atoms with van der Waals surface area (Å²) >= 11 is 6.02. The lowest BCUT2D eigenvalue weighted by atomic mass is 9.84. The highest BCUT2D eigenvalue weighted by molar-refractivity contribution is 6.30. The van der Waals surface area contributed by atoms with E-state index < -0.39 is 0 Å². The fourth-order valence-corrected chi connectivity index (χ4v) is 3.64. The topological polar surface area (TPSA) is 9.23 Å². The predicted molar refractivity (Wildman–Crippen MR) is 115 cm³/mol. The van der Waals surface area contributed by atoms with Crippen LogP contribution in [0.25, 0.3) is 0 Å². The van der Waals surface area contributed by atoms with Gasteiger partial charge in [0.1, 0.15) is 5.75 Å². The van der Waals surface area contributed by atoms with Crippen molar-refractivity contribution in [1.82, 2.24) is 0 Å². The first-order valence-corrected chi connectivity index (χ1v) is 10.2. The molecule has 1 atom stereocenters. The molecule has 3 aromatic carbocycles. The van der Waals surface area contributed by atoms with Gasteiger partial charge in [0.05, 0.1) is 0 Å². The first kappa shape index (κ1) is 20.4. The maximum Gasteiger partial charge on any atom is 0.165 e. The van der Waals surface area contributed by atoms with Crippen LogP contribution in [0.5, 0.6) is 11.5 Å². The Morgan fingerprint density at radius 3 is 2.32 bits per heavy atom. The molecule has 0 spiro atoms. The Balaban J connectivity index is 1.63. The summed E-state index contributed by atoms with van der Waals surface area (Å²) < 4.78 is 19.8. The third-order valence-corrected chi connectivity index (χ3v) is 5.30. The van der Waals surface area contributed by atoms with Crippen LogP contribution in [-0.4, -0.2) is 0 Å². The fourth-order valence-electron chi connectivity index (χ4n) is 3.52. The molecule has 0 aliphatic rings. The predicted octanol–water partition coefficient (Wildman–Crippen LogP) is 8.03. The van der Waals surface area contributed by atoms with Crippen LogP contribution in [0.4, 0.5) is 4.39 Å². The summed E-state index contributed by atoms with van der Waals surface area (Å²) in [5.74, 6) is 1.61. The van der Waals surface area contributed by atoms with Gasteiger partial charge in [-0.2, -0.15) is 0 Å². The highest BCUT2D eigenvalue weighted by atomic mass is 35.5. The van der Waals surface area contributed by atoms with E-state index in [9.17, 15) is 4.39 Å². The Kier molecular flexibility index (Phi) is 7.11. The molecule has 0 aliphatic carbocycles. The summed E-state index contributed by atoms with van der Waals surface area (Å²) in [7, 11) is 0. The van der Waals surface area contributed by atoms with Crippen LogP contribution in [0, 0.1) is 11.7 Å². The average molecular weight is 397 g/mol. The molecule has 0 saturated heterocycles. The lowest BCUT2D eigenvalue weighted by Gasteiger charge is -2.21. The molecule has 0 radical (unpaired) electrons. The van der Waals surface area contributed by atoms with Gasteiger partial charge in [-0.25, -0.2) is 4.39 Å². The first-order valence-electron chi connectivity index (χ1n) is 9.79. The smallest absolute Gasteiger partial charge is 0.165 e. The van der Waals surface area contributed by atoms with Crippen LogP contribution in [-0.2, 0) is 6.42 Å². The van der Waals surface area contributed by atoms with Gasteiger partial charge >= 0.3 is 0 Å². The Morgan fingerprint density at radius 1 is 0.929 bits per heavy atom. The molecule has 3 aromatic rings. The summed E-state index contributed by atoms with van der Waals surface area (Å²) in [5, 5.41) is 0.767. The monoisotopic (exact) mass is 396 g/mol. The normalized spacial score (nSPS) is 12.2. The zero-order chi connectivity index (χ0) is 19.9. The molecule has 146 valence electrons. The summed E-state index contributed by atoms with van der Waals surface area (Å²) in [4.78, 5) is 0. The third-order valence-electron chi connectivity index (χ3n) is 5.05. The second-order valence-corrected chi connectivity index (χ2v) is 7.91. The van der Waals surface area contributed by atoms with Crippen molar-refractivity contribution in [3.05, 3.63) is 94.8 Å². The Morgan fingerprint density at radius 2 is 1.64 bits per heavy atom. The van der Waals surface area contributed by atoms with Gasteiger partial charge in [-0.1, -0.05) is 61.8 Å². The van der Waals surface area contributed by atoms with E-state index in [0.29, 0.717) is 17.6 Å².